The van der Waals surface area contributed by atoms with Crippen molar-refractivity contribution in [3.8, 4) is 11.8 Å². The Morgan fingerprint density at radius 2 is 1.44 bits per heavy atom. The van der Waals surface area contributed by atoms with Crippen molar-refractivity contribution in [3.05, 3.63) is 29.8 Å². The van der Waals surface area contributed by atoms with Gasteiger partial charge in [-0.05, 0) is 57.5 Å². The standard InChI is InChI=1S/C25H40N2O4S/c1-3-31-25(28)23-17-19-24(20-18-23)27-21-15-13-11-9-7-5-4-6-8-10-12-14-16-22-32(29,30)26-2/h17-20,26-27H,3-8,10,12-16,21-22H2,1-2H3. The number of carbonyl (C=O) groups is 1. The van der Waals surface area contributed by atoms with Crippen LogP contribution in [0.1, 0.15) is 87.9 Å². The van der Waals surface area contributed by atoms with Crippen molar-refractivity contribution in [1.29, 1.82) is 0 Å². The normalized spacial score (nSPS) is 10.9. The Labute approximate surface area is 195 Å². The van der Waals surface area contributed by atoms with Crippen LogP contribution in [-0.2, 0) is 14.8 Å². The van der Waals surface area contributed by atoms with Crippen molar-refractivity contribution in [2.75, 3.05) is 31.3 Å². The molecule has 0 bridgehead atoms. The van der Waals surface area contributed by atoms with E-state index in [9.17, 15) is 13.2 Å². The van der Waals surface area contributed by atoms with Crippen LogP contribution in [0.25, 0.3) is 0 Å². The van der Waals surface area contributed by atoms with Gasteiger partial charge in [0.05, 0.1) is 17.9 Å². The summed E-state index contributed by atoms with van der Waals surface area (Å²) < 4.78 is 29.9. The van der Waals surface area contributed by atoms with Gasteiger partial charge in [-0.15, -0.1) is 11.8 Å². The number of anilines is 1. The molecule has 0 unspecified atom stereocenters. The van der Waals surface area contributed by atoms with Gasteiger partial charge in [0.15, 0.2) is 0 Å². The van der Waals surface area contributed by atoms with E-state index in [0.29, 0.717) is 12.2 Å². The molecule has 0 saturated carbocycles. The average molecular weight is 465 g/mol. The van der Waals surface area contributed by atoms with Gasteiger partial charge in [0.25, 0.3) is 0 Å². The highest BCUT2D eigenvalue weighted by molar-refractivity contribution is 7.89. The van der Waals surface area contributed by atoms with E-state index in [2.05, 4.69) is 21.9 Å². The van der Waals surface area contributed by atoms with E-state index in [1.54, 1.807) is 19.1 Å². The van der Waals surface area contributed by atoms with Gasteiger partial charge < -0.3 is 10.1 Å². The average Bonchev–Trinajstić information content (AvgIpc) is 2.79. The third-order valence-electron chi connectivity index (χ3n) is 5.10. The topological polar surface area (TPSA) is 84.5 Å². The zero-order valence-electron chi connectivity index (χ0n) is 19.8. The van der Waals surface area contributed by atoms with E-state index >= 15 is 0 Å². The molecule has 0 aliphatic heterocycles. The van der Waals surface area contributed by atoms with Gasteiger partial charge >= 0.3 is 5.97 Å². The number of hydrogen-bond acceptors (Lipinski definition) is 5. The fourth-order valence-electron chi connectivity index (χ4n) is 3.19. The fraction of sp³-hybridized carbons (Fsp3) is 0.640. The minimum atomic E-state index is -3.04. The summed E-state index contributed by atoms with van der Waals surface area (Å²) in [5, 5.41) is 3.34. The number of esters is 1. The zero-order chi connectivity index (χ0) is 23.5. The molecule has 0 aliphatic carbocycles. The molecule has 0 aromatic heterocycles. The maximum absolute atomic E-state index is 11.6. The van der Waals surface area contributed by atoms with Crippen LogP contribution in [-0.4, -0.2) is 40.3 Å². The minimum Gasteiger partial charge on any atom is -0.462 e. The van der Waals surface area contributed by atoms with Crippen LogP contribution in [0.15, 0.2) is 24.3 Å². The highest BCUT2D eigenvalue weighted by atomic mass is 32.2. The quantitative estimate of drug-likeness (QED) is 0.190. The highest BCUT2D eigenvalue weighted by Gasteiger charge is 2.06. The second-order valence-electron chi connectivity index (χ2n) is 7.78. The first-order valence-electron chi connectivity index (χ1n) is 11.9. The van der Waals surface area contributed by atoms with Gasteiger partial charge in [0.2, 0.25) is 10.0 Å². The van der Waals surface area contributed by atoms with Crippen LogP contribution in [0.3, 0.4) is 0 Å². The maximum atomic E-state index is 11.6. The van der Waals surface area contributed by atoms with Crippen LogP contribution in [0.2, 0.25) is 0 Å². The molecule has 7 heteroatoms. The van der Waals surface area contributed by atoms with E-state index in [-0.39, 0.29) is 11.7 Å². The van der Waals surface area contributed by atoms with Crippen molar-refractivity contribution < 1.29 is 17.9 Å². The lowest BCUT2D eigenvalue weighted by Gasteiger charge is -2.06. The Morgan fingerprint density at radius 3 is 2.03 bits per heavy atom. The number of sulfonamides is 1. The van der Waals surface area contributed by atoms with Crippen molar-refractivity contribution in [1.82, 2.24) is 4.72 Å². The first-order chi connectivity index (χ1) is 15.5. The summed E-state index contributed by atoms with van der Waals surface area (Å²) in [5.41, 5.74) is 1.56. The molecule has 2 N–H and O–H groups in total. The molecule has 0 radical (unpaired) electrons. The van der Waals surface area contributed by atoms with Crippen molar-refractivity contribution in [3.63, 3.8) is 0 Å². The highest BCUT2D eigenvalue weighted by Crippen LogP contribution is 2.11. The van der Waals surface area contributed by atoms with Gasteiger partial charge in [0, 0.05) is 25.1 Å². The number of rotatable bonds is 17. The molecular formula is C25H40N2O4S. The number of benzene rings is 1. The summed E-state index contributed by atoms with van der Waals surface area (Å²) in [6, 6.07) is 7.34. The predicted octanol–water partition coefficient (Wildman–Crippen LogP) is 5.12. The van der Waals surface area contributed by atoms with Crippen LogP contribution < -0.4 is 10.0 Å². The summed E-state index contributed by atoms with van der Waals surface area (Å²) in [4.78, 5) is 11.6. The van der Waals surface area contributed by atoms with Gasteiger partial charge in [-0.3, -0.25) is 0 Å². The van der Waals surface area contributed by atoms with Crippen LogP contribution in [0, 0.1) is 11.8 Å². The van der Waals surface area contributed by atoms with Crippen LogP contribution in [0.5, 0.6) is 0 Å². The second kappa shape index (κ2) is 17.5. The zero-order valence-corrected chi connectivity index (χ0v) is 20.6. The molecule has 0 amide bonds. The van der Waals surface area contributed by atoms with E-state index < -0.39 is 10.0 Å². The SMILES string of the molecule is CCOC(=O)c1ccc(NCCCC#CCCCCCCCCCCS(=O)(=O)NC)cc1. The summed E-state index contributed by atoms with van der Waals surface area (Å²) in [7, 11) is -1.57. The lowest BCUT2D eigenvalue weighted by atomic mass is 10.1. The summed E-state index contributed by atoms with van der Waals surface area (Å²) in [6.07, 6.45) is 11.7. The number of ether oxygens (including phenoxy) is 1. The molecule has 1 aromatic rings. The third-order valence-corrected chi connectivity index (χ3v) is 6.55. The van der Waals surface area contributed by atoms with Gasteiger partial charge in [0.1, 0.15) is 0 Å². The molecule has 0 fully saturated rings. The van der Waals surface area contributed by atoms with Crippen LogP contribution in [0.4, 0.5) is 5.69 Å². The van der Waals surface area contributed by atoms with Crippen LogP contribution >= 0.6 is 0 Å². The molecule has 32 heavy (non-hydrogen) atoms. The molecular weight excluding hydrogens is 424 g/mol. The lowest BCUT2D eigenvalue weighted by Crippen LogP contribution is -2.21. The Balaban J connectivity index is 1.94. The van der Waals surface area contributed by atoms with E-state index in [0.717, 1.165) is 57.2 Å². The Morgan fingerprint density at radius 1 is 0.875 bits per heavy atom. The van der Waals surface area contributed by atoms with E-state index in [1.165, 1.54) is 32.7 Å². The van der Waals surface area contributed by atoms with Crippen molar-refractivity contribution in [2.24, 2.45) is 0 Å². The molecule has 0 saturated heterocycles. The number of carbonyl (C=O) groups excluding carboxylic acids is 1. The summed E-state index contributed by atoms with van der Waals surface area (Å²) in [5.74, 6) is 6.46. The molecule has 0 spiro atoms. The monoisotopic (exact) mass is 464 g/mol. The molecule has 1 rings (SSSR count). The molecule has 0 atom stereocenters. The first-order valence-corrected chi connectivity index (χ1v) is 13.5. The van der Waals surface area contributed by atoms with Gasteiger partial charge in [-0.1, -0.05) is 38.5 Å². The van der Waals surface area contributed by atoms with E-state index in [1.807, 2.05) is 12.1 Å². The lowest BCUT2D eigenvalue weighted by molar-refractivity contribution is 0.0526. The summed E-state index contributed by atoms with van der Waals surface area (Å²) in [6.45, 7) is 3.04. The third kappa shape index (κ3) is 14.1. The van der Waals surface area contributed by atoms with E-state index in [4.69, 9.17) is 4.74 Å². The van der Waals surface area contributed by atoms with Crippen molar-refractivity contribution in [2.45, 2.75) is 77.6 Å². The Bertz CT molecular complexity index is 795. The number of nitrogens with one attached hydrogen (secondary N) is 2. The minimum absolute atomic E-state index is 0.239. The molecule has 0 aliphatic rings. The van der Waals surface area contributed by atoms with Gasteiger partial charge in [-0.2, -0.15) is 0 Å². The number of unbranched alkanes of at least 4 members (excludes halogenated alkanes) is 9. The maximum Gasteiger partial charge on any atom is 0.338 e. The molecule has 0 heterocycles. The summed E-state index contributed by atoms with van der Waals surface area (Å²) >= 11 is 0. The second-order valence-corrected chi connectivity index (χ2v) is 9.83. The van der Waals surface area contributed by atoms with Crippen molar-refractivity contribution >= 4 is 21.7 Å². The van der Waals surface area contributed by atoms with Gasteiger partial charge in [-0.25, -0.2) is 17.9 Å². The smallest absolute Gasteiger partial charge is 0.338 e. The predicted molar refractivity (Wildman–Crippen MR) is 132 cm³/mol. The molecule has 6 nitrogen and oxygen atoms in total. The Hall–Kier alpha value is -2.04. The Kier molecular flexibility index (Phi) is 15.3. The molecule has 1 aromatic carbocycles. The largest absolute Gasteiger partial charge is 0.462 e. The fourth-order valence-corrected chi connectivity index (χ4v) is 3.98. The number of hydrogen-bond donors (Lipinski definition) is 2. The molecule has 180 valence electrons. The first kappa shape index (κ1) is 28.0.